The van der Waals surface area contributed by atoms with Gasteiger partial charge in [0.15, 0.2) is 22.2 Å². The Balaban J connectivity index is 1.87. The highest BCUT2D eigenvalue weighted by molar-refractivity contribution is 7.91. The lowest BCUT2D eigenvalue weighted by atomic mass is 10.2. The van der Waals surface area contributed by atoms with Gasteiger partial charge < -0.3 is 5.32 Å². The van der Waals surface area contributed by atoms with Gasteiger partial charge in [0.1, 0.15) is 0 Å². The quantitative estimate of drug-likeness (QED) is 0.725. The van der Waals surface area contributed by atoms with E-state index in [0.717, 1.165) is 0 Å². The molecule has 0 spiro atoms. The molecule has 17 heavy (non-hydrogen) atoms. The minimum atomic E-state index is -2.94. The molecule has 1 aliphatic rings. The van der Waals surface area contributed by atoms with Gasteiger partial charge in [-0.05, 0) is 6.42 Å². The molecule has 1 aromatic rings. The average Bonchev–Trinajstić information content (AvgIpc) is 2.59. The summed E-state index contributed by atoms with van der Waals surface area (Å²) in [5.74, 6) is 0.0949. The lowest BCUT2D eigenvalue weighted by Crippen LogP contribution is -2.45. The third-order valence-electron chi connectivity index (χ3n) is 2.70. The number of hydrogen-bond donors (Lipinski definition) is 1. The van der Waals surface area contributed by atoms with Gasteiger partial charge in [-0.3, -0.25) is 4.79 Å². The summed E-state index contributed by atoms with van der Waals surface area (Å²) in [6.45, 7) is 0.220. The van der Waals surface area contributed by atoms with Crippen LogP contribution in [0.5, 0.6) is 0 Å². The standard InChI is InChI=1S/C11H14N2O3S/c14-11(8-13-5-2-1-3-6-13)12-10-4-7-17(15,16)9-10/h1-3,5-6,10H,4,7-9H2/p+1. The molecule has 92 valence electrons. The summed E-state index contributed by atoms with van der Waals surface area (Å²) >= 11 is 0. The predicted molar refractivity (Wildman–Crippen MR) is 61.8 cm³/mol. The van der Waals surface area contributed by atoms with Crippen LogP contribution in [0, 0.1) is 0 Å². The Bertz CT molecular complexity index is 499. The molecule has 0 aliphatic carbocycles. The Morgan fingerprint density at radius 1 is 1.29 bits per heavy atom. The molecule has 5 nitrogen and oxygen atoms in total. The number of rotatable bonds is 3. The van der Waals surface area contributed by atoms with Crippen LogP contribution >= 0.6 is 0 Å². The molecule has 1 fully saturated rings. The van der Waals surface area contributed by atoms with Gasteiger partial charge in [-0.25, -0.2) is 8.42 Å². The Labute approximate surface area is 100 Å². The molecule has 1 atom stereocenters. The van der Waals surface area contributed by atoms with E-state index in [1.165, 1.54) is 0 Å². The van der Waals surface area contributed by atoms with Crippen LogP contribution in [0.25, 0.3) is 0 Å². The first kappa shape index (κ1) is 12.0. The maximum Gasteiger partial charge on any atom is 0.286 e. The molecule has 2 rings (SSSR count). The van der Waals surface area contributed by atoms with Crippen LogP contribution in [0.2, 0.25) is 0 Å². The third kappa shape index (κ3) is 3.52. The monoisotopic (exact) mass is 255 g/mol. The zero-order chi connectivity index (χ0) is 12.3. The van der Waals surface area contributed by atoms with Gasteiger partial charge in [0, 0.05) is 18.2 Å². The van der Waals surface area contributed by atoms with Crippen molar-refractivity contribution < 1.29 is 17.8 Å². The molecule has 6 heteroatoms. The van der Waals surface area contributed by atoms with Crippen LogP contribution in [0.4, 0.5) is 0 Å². The molecule has 1 unspecified atom stereocenters. The maximum atomic E-state index is 11.7. The topological polar surface area (TPSA) is 67.1 Å². The van der Waals surface area contributed by atoms with Crippen molar-refractivity contribution in [3.8, 4) is 0 Å². The maximum absolute atomic E-state index is 11.7. The van der Waals surface area contributed by atoms with Crippen molar-refractivity contribution in [2.24, 2.45) is 0 Å². The van der Waals surface area contributed by atoms with E-state index in [1.807, 2.05) is 18.2 Å². The summed E-state index contributed by atoms with van der Waals surface area (Å²) in [4.78, 5) is 11.7. The fourth-order valence-electron chi connectivity index (χ4n) is 1.89. The molecular weight excluding hydrogens is 240 g/mol. The van der Waals surface area contributed by atoms with Crippen LogP contribution in [0.1, 0.15) is 6.42 Å². The number of amides is 1. The summed E-state index contributed by atoms with van der Waals surface area (Å²) in [6, 6.07) is 5.33. The molecule has 0 saturated carbocycles. The summed E-state index contributed by atoms with van der Waals surface area (Å²) in [5.41, 5.74) is 0. The highest BCUT2D eigenvalue weighted by atomic mass is 32.2. The lowest BCUT2D eigenvalue weighted by Gasteiger charge is -2.08. The van der Waals surface area contributed by atoms with Crippen molar-refractivity contribution >= 4 is 15.7 Å². The third-order valence-corrected chi connectivity index (χ3v) is 4.47. The van der Waals surface area contributed by atoms with Crippen LogP contribution in [-0.2, 0) is 21.2 Å². The van der Waals surface area contributed by atoms with Crippen molar-refractivity contribution in [2.45, 2.75) is 19.0 Å². The number of carbonyl (C=O) groups is 1. The predicted octanol–water partition coefficient (Wildman–Crippen LogP) is -0.723. The summed E-state index contributed by atoms with van der Waals surface area (Å²) in [5, 5.41) is 2.74. The normalized spacial score (nSPS) is 22.2. The Morgan fingerprint density at radius 3 is 2.59 bits per heavy atom. The number of pyridine rings is 1. The molecule has 2 heterocycles. The largest absolute Gasteiger partial charge is 0.347 e. The molecule has 1 N–H and O–H groups in total. The molecule has 0 bridgehead atoms. The van der Waals surface area contributed by atoms with E-state index in [9.17, 15) is 13.2 Å². The van der Waals surface area contributed by atoms with Gasteiger partial charge >= 0.3 is 0 Å². The van der Waals surface area contributed by atoms with E-state index in [2.05, 4.69) is 5.32 Å². The van der Waals surface area contributed by atoms with Gasteiger partial charge in [0.25, 0.3) is 5.91 Å². The Kier molecular flexibility index (Phi) is 3.42. The second-order valence-corrected chi connectivity index (χ2v) is 6.44. The molecular formula is C11H15N2O3S+. The first-order valence-corrected chi connectivity index (χ1v) is 7.31. The number of aromatic nitrogens is 1. The Morgan fingerprint density at radius 2 is 2.00 bits per heavy atom. The van der Waals surface area contributed by atoms with Crippen LogP contribution in [0.15, 0.2) is 30.6 Å². The zero-order valence-electron chi connectivity index (χ0n) is 9.37. The second-order valence-electron chi connectivity index (χ2n) is 4.22. The van der Waals surface area contributed by atoms with E-state index < -0.39 is 9.84 Å². The van der Waals surface area contributed by atoms with E-state index in [0.29, 0.717) is 6.42 Å². The zero-order valence-corrected chi connectivity index (χ0v) is 10.2. The van der Waals surface area contributed by atoms with Gasteiger partial charge in [0.2, 0.25) is 6.54 Å². The average molecular weight is 255 g/mol. The Hall–Kier alpha value is -1.43. The summed E-state index contributed by atoms with van der Waals surface area (Å²) in [7, 11) is -2.94. The number of hydrogen-bond acceptors (Lipinski definition) is 3. The molecule has 0 aromatic carbocycles. The summed E-state index contributed by atoms with van der Waals surface area (Å²) < 4.78 is 24.2. The van der Waals surface area contributed by atoms with Gasteiger partial charge in [0.05, 0.1) is 11.5 Å². The van der Waals surface area contributed by atoms with Crippen molar-refractivity contribution in [3.63, 3.8) is 0 Å². The summed E-state index contributed by atoms with van der Waals surface area (Å²) in [6.07, 6.45) is 4.11. The molecule has 0 radical (unpaired) electrons. The lowest BCUT2D eigenvalue weighted by molar-refractivity contribution is -0.684. The van der Waals surface area contributed by atoms with Crippen molar-refractivity contribution in [1.29, 1.82) is 0 Å². The first-order chi connectivity index (χ1) is 8.05. The van der Waals surface area contributed by atoms with Crippen molar-refractivity contribution in [1.82, 2.24) is 5.32 Å². The minimum absolute atomic E-state index is 0.0677. The van der Waals surface area contributed by atoms with Gasteiger partial charge in [-0.2, -0.15) is 4.57 Å². The highest BCUT2D eigenvalue weighted by Gasteiger charge is 2.29. The van der Waals surface area contributed by atoms with E-state index in [4.69, 9.17) is 0 Å². The number of sulfone groups is 1. The molecule has 1 aliphatic heterocycles. The number of carbonyl (C=O) groups excluding carboxylic acids is 1. The number of nitrogens with one attached hydrogen (secondary N) is 1. The van der Waals surface area contributed by atoms with Crippen LogP contribution in [-0.4, -0.2) is 31.9 Å². The second kappa shape index (κ2) is 4.83. The molecule has 1 aromatic heterocycles. The fourth-order valence-corrected chi connectivity index (χ4v) is 3.56. The SMILES string of the molecule is O=C(C[n+]1ccccc1)NC1CCS(=O)(=O)C1. The van der Waals surface area contributed by atoms with Gasteiger partial charge in [-0.15, -0.1) is 0 Å². The smallest absolute Gasteiger partial charge is 0.286 e. The highest BCUT2D eigenvalue weighted by Crippen LogP contribution is 2.10. The van der Waals surface area contributed by atoms with E-state index >= 15 is 0 Å². The first-order valence-electron chi connectivity index (χ1n) is 5.49. The minimum Gasteiger partial charge on any atom is -0.347 e. The van der Waals surface area contributed by atoms with Gasteiger partial charge in [-0.1, -0.05) is 6.07 Å². The molecule has 1 saturated heterocycles. The van der Waals surface area contributed by atoms with Crippen LogP contribution in [0.3, 0.4) is 0 Å². The number of nitrogens with zero attached hydrogens (tertiary/aromatic N) is 1. The van der Waals surface area contributed by atoms with Crippen molar-refractivity contribution in [2.75, 3.05) is 11.5 Å². The fraction of sp³-hybridized carbons (Fsp3) is 0.455. The van der Waals surface area contributed by atoms with E-state index in [-0.39, 0.29) is 30.0 Å². The van der Waals surface area contributed by atoms with Crippen molar-refractivity contribution in [3.05, 3.63) is 30.6 Å². The van der Waals surface area contributed by atoms with Crippen LogP contribution < -0.4 is 9.88 Å². The molecule has 1 amide bonds. The van der Waals surface area contributed by atoms with E-state index in [1.54, 1.807) is 17.0 Å².